The highest BCUT2D eigenvalue weighted by Gasteiger charge is 2.46. The summed E-state index contributed by atoms with van der Waals surface area (Å²) >= 11 is 8.81. The molecular formula is C85H125N29O17S2. The first-order valence-corrected chi connectivity index (χ1v) is 45.7. The molecule has 2 aromatic carbocycles. The van der Waals surface area contributed by atoms with Gasteiger partial charge >= 0.3 is 5.97 Å². The zero-order chi connectivity index (χ0) is 96.8. The summed E-state index contributed by atoms with van der Waals surface area (Å²) in [5, 5.41) is 70.8. The molecule has 5 aromatic rings. The Morgan fingerprint density at radius 3 is 1.30 bits per heavy atom. The maximum atomic E-state index is 15.3. The van der Waals surface area contributed by atoms with E-state index in [-0.39, 0.29) is 178 Å². The Hall–Kier alpha value is -13.6. The first-order chi connectivity index (χ1) is 63.7. The molecule has 6 heterocycles. The van der Waals surface area contributed by atoms with E-state index in [1.165, 1.54) is 46.7 Å². The minimum Gasteiger partial charge on any atom is -0.481 e. The average molecular weight is 1890 g/mol. The largest absolute Gasteiger partial charge is 0.481 e. The van der Waals surface area contributed by atoms with Crippen LogP contribution in [-0.4, -0.2) is 293 Å². The second-order valence-corrected chi connectivity index (χ2v) is 33.6. The molecule has 29 N–H and O–H groups in total. The van der Waals surface area contributed by atoms with Crippen LogP contribution in [0.4, 0.5) is 0 Å². The van der Waals surface area contributed by atoms with E-state index >= 15 is 24.0 Å². The number of guanidine groups is 3. The van der Waals surface area contributed by atoms with Gasteiger partial charge in [-0.05, 0) is 120 Å². The number of thiol groups is 2. The maximum Gasteiger partial charge on any atom is 0.303 e. The van der Waals surface area contributed by atoms with Gasteiger partial charge in [-0.1, -0.05) is 68.3 Å². The Bertz CT molecular complexity index is 4850. The van der Waals surface area contributed by atoms with Gasteiger partial charge in [0.05, 0.1) is 24.0 Å². The van der Waals surface area contributed by atoms with Crippen molar-refractivity contribution >= 4 is 149 Å². The van der Waals surface area contributed by atoms with Gasteiger partial charge in [-0.15, -0.1) is 0 Å². The molecule has 724 valence electrons. The van der Waals surface area contributed by atoms with Crippen LogP contribution in [0.3, 0.4) is 0 Å². The number of rotatable bonds is 54. The van der Waals surface area contributed by atoms with Gasteiger partial charge < -0.3 is 132 Å². The number of aromatic nitrogens is 5. The molecule has 46 nitrogen and oxygen atoms in total. The van der Waals surface area contributed by atoms with Crippen LogP contribution < -0.4 is 97.4 Å². The Morgan fingerprint density at radius 2 is 0.835 bits per heavy atom. The van der Waals surface area contributed by atoms with E-state index in [0.717, 1.165) is 16.5 Å². The molecule has 0 aliphatic carbocycles. The fraction of sp³-hybridized carbons (Fsp3) is 0.541. The second-order valence-electron chi connectivity index (χ2n) is 32.8. The van der Waals surface area contributed by atoms with Crippen LogP contribution in [0, 0.1) is 16.2 Å². The summed E-state index contributed by atoms with van der Waals surface area (Å²) in [6, 6.07) is -3.28. The number of aryl methyl sites for hydroxylation is 1. The van der Waals surface area contributed by atoms with Crippen LogP contribution in [0.5, 0.6) is 0 Å². The van der Waals surface area contributed by atoms with Crippen LogP contribution in [0.2, 0.25) is 0 Å². The molecule has 14 atom stereocenters. The minimum atomic E-state index is -1.70. The molecule has 48 heteroatoms. The quantitative estimate of drug-likeness (QED) is 0.00759. The van der Waals surface area contributed by atoms with Crippen molar-refractivity contribution in [1.82, 2.24) is 114 Å². The summed E-state index contributed by atoms with van der Waals surface area (Å²) in [6.45, 7) is 3.45. The first kappa shape index (κ1) is 105. The minimum absolute atomic E-state index is 0.0000583. The van der Waals surface area contributed by atoms with Crippen molar-refractivity contribution < 1.29 is 81.8 Å². The van der Waals surface area contributed by atoms with E-state index in [0.29, 0.717) is 30.5 Å². The molecule has 3 aliphatic rings. The van der Waals surface area contributed by atoms with Crippen molar-refractivity contribution in [3.05, 3.63) is 108 Å². The summed E-state index contributed by atoms with van der Waals surface area (Å²) < 4.78 is 0. The van der Waals surface area contributed by atoms with Crippen molar-refractivity contribution in [2.24, 2.45) is 22.9 Å². The fourth-order valence-corrected chi connectivity index (χ4v) is 16.5. The monoisotopic (exact) mass is 1890 g/mol. The molecule has 0 spiro atoms. The Morgan fingerprint density at radius 1 is 0.451 bits per heavy atom. The molecule has 133 heavy (non-hydrogen) atoms. The van der Waals surface area contributed by atoms with Crippen LogP contribution >= 0.6 is 25.3 Å². The van der Waals surface area contributed by atoms with Crippen molar-refractivity contribution in [3.63, 3.8) is 0 Å². The molecule has 3 fully saturated rings. The molecule has 3 aromatic heterocycles. The summed E-state index contributed by atoms with van der Waals surface area (Å²) in [4.78, 5) is 250. The van der Waals surface area contributed by atoms with Crippen molar-refractivity contribution in [3.8, 4) is 0 Å². The van der Waals surface area contributed by atoms with Gasteiger partial charge in [-0.3, -0.25) is 92.9 Å². The van der Waals surface area contributed by atoms with Gasteiger partial charge in [0.1, 0.15) is 84.6 Å². The van der Waals surface area contributed by atoms with E-state index in [1.54, 1.807) is 43.5 Å². The number of likely N-dealkylation sites (tertiary alicyclic amines) is 3. The number of carbonyl (C=O) groups is 16. The van der Waals surface area contributed by atoms with E-state index in [9.17, 15) is 57.8 Å². The van der Waals surface area contributed by atoms with Gasteiger partial charge in [0.15, 0.2) is 17.9 Å². The molecule has 3 aliphatic heterocycles. The SMILES string of the molecule is CCCC[C@H](NC(=O)[C@H](CCC(=O)O)NC(=O)[C@@H](CCCNC(=N)N)NC(=O)[C@@H]1CCCN1C(=O)[C@@H]1CCCN1C(=O)[C@H](CS)NC(=O)[C@H](CCc1c[nH]c2ccccc12)NC(=O)[C@H](Cc1c[nH]cn1)NC(=O)[C@@H](Cc1ccccc1)NC(=O)[C@H](Cc1c[nH]cn1)NC(=O)[C@@H]1CCCN1C(=O)[C@H](CS)NC(C)=O)C(=O)N[C@H](CCCNC(=N)N)C(=O)N[C@@H](CCCNC(=N)N)C(N)=O. The lowest BCUT2D eigenvalue weighted by molar-refractivity contribution is -0.148. The van der Waals surface area contributed by atoms with E-state index < -0.39 is 198 Å². The van der Waals surface area contributed by atoms with Crippen molar-refractivity contribution in [2.75, 3.05) is 50.8 Å². The normalized spacial score (nSPS) is 17.1. The number of hydrogen-bond acceptors (Lipinski definition) is 23. The van der Waals surface area contributed by atoms with Crippen LogP contribution in [0.25, 0.3) is 10.9 Å². The highest BCUT2D eigenvalue weighted by molar-refractivity contribution is 7.80. The predicted octanol–water partition coefficient (Wildman–Crippen LogP) is -4.21. The molecule has 0 saturated carbocycles. The number of nitrogens with two attached hydrogens (primary N) is 4. The molecule has 15 amide bonds. The summed E-state index contributed by atoms with van der Waals surface area (Å²) in [5.74, 6) is -15.1. The van der Waals surface area contributed by atoms with E-state index in [2.05, 4.69) is 125 Å². The number of primary amides is 1. The number of hydrogen-bond donors (Lipinski definition) is 27. The average Bonchev–Trinajstić information content (AvgIpc) is 1.66. The Balaban J connectivity index is 0.992. The number of aliphatic carboxylic acids is 1. The van der Waals surface area contributed by atoms with E-state index in [4.69, 9.17) is 39.2 Å². The molecule has 0 bridgehead atoms. The summed E-state index contributed by atoms with van der Waals surface area (Å²) in [5.41, 5.74) is 24.8. The lowest BCUT2D eigenvalue weighted by Crippen LogP contribution is -2.61. The van der Waals surface area contributed by atoms with Crippen LogP contribution in [-0.2, 0) is 102 Å². The maximum absolute atomic E-state index is 15.3. The molecule has 0 radical (unpaired) electrons. The number of H-pyrrole nitrogens is 3. The number of carboxylic acid groups (broad SMARTS) is 1. The molecule has 8 rings (SSSR count). The topological polar surface area (TPSA) is 720 Å². The Kier molecular flexibility index (Phi) is 41.8. The zero-order valence-electron chi connectivity index (χ0n) is 74.3. The van der Waals surface area contributed by atoms with Gasteiger partial charge in [0.25, 0.3) is 0 Å². The van der Waals surface area contributed by atoms with Gasteiger partial charge in [-0.25, -0.2) is 9.97 Å². The first-order valence-electron chi connectivity index (χ1n) is 44.4. The van der Waals surface area contributed by atoms with Crippen molar-refractivity contribution in [1.29, 1.82) is 16.2 Å². The standard InChI is InChI=1S/C85H125N29O17S2/c1-3-4-19-55(71(120)104-56(22-11-32-96-84(89)90)70(119)102-54(69(86)118)21-10-31-95-83(87)88)103-73(122)59(29-30-68(116)117)105-72(121)57(23-12-33-97-85(91)92)107-78(127)66-25-14-35-113(66)82(131)67-26-15-36-114(67)81(130)64(44-133)111-74(123)58(28-27-49-40-98-53-20-9-8-18-52(49)53)106-76(125)61(38-50-41-93-45-99-50)109-75(124)60(37-48-16-6-5-7-17-48)108-77(126)62(39-51-42-94-46-100-51)110-79(128)65-24-13-34-112(65)80(129)63(43-132)101-47(2)115/h5-9,16-18,20,40-42,45-46,54-67,98,132-133H,3-4,10-15,19,21-39,43-44H2,1-2H3,(H2,86,118)(H,93,99)(H,94,100)(H,101,115)(H,102,119)(H,103,122)(H,104,120)(H,105,121)(H,106,125)(H,107,127)(H,108,126)(H,109,124)(H,110,128)(H,111,123)(H,116,117)(H4,87,88,95)(H4,89,90,96)(H4,91,92,97)/t54-,55-,56+,57+,58-,59-,60+,61-,62-,63-,64-,65-,66-,67-/m0/s1. The second kappa shape index (κ2) is 53.1. The van der Waals surface area contributed by atoms with Gasteiger partial charge in [0.2, 0.25) is 88.6 Å². The van der Waals surface area contributed by atoms with Crippen molar-refractivity contribution in [2.45, 2.75) is 240 Å². The number of unbranched alkanes of at least 4 members (excludes halogenated alkanes) is 1. The summed E-state index contributed by atoms with van der Waals surface area (Å²) in [7, 11) is 0. The van der Waals surface area contributed by atoms with Crippen LogP contribution in [0.1, 0.15) is 152 Å². The third-order valence-electron chi connectivity index (χ3n) is 22.9. The number of imidazole rings is 2. The number of para-hydroxylation sites is 1. The van der Waals surface area contributed by atoms with E-state index in [1.807, 2.05) is 24.3 Å². The molecule has 3 saturated heterocycles. The molecule has 0 unspecified atom stereocenters. The zero-order valence-corrected chi connectivity index (χ0v) is 76.1. The highest BCUT2D eigenvalue weighted by atomic mass is 32.1. The predicted molar refractivity (Wildman–Crippen MR) is 493 cm³/mol. The number of carbonyl (C=O) groups excluding carboxylic acids is 15. The number of nitrogens with one attached hydrogen (secondary N) is 20. The number of carboxylic acids is 1. The smallest absolute Gasteiger partial charge is 0.303 e. The van der Waals surface area contributed by atoms with Gasteiger partial charge in [0, 0.05) is 113 Å². The summed E-state index contributed by atoms with van der Waals surface area (Å²) in [6.07, 6.45) is 7.88. The van der Waals surface area contributed by atoms with Crippen LogP contribution in [0.15, 0.2) is 85.8 Å². The highest BCUT2D eigenvalue weighted by Crippen LogP contribution is 2.28. The third-order valence-corrected chi connectivity index (χ3v) is 23.7. The molecular weight excluding hydrogens is 1760 g/mol. The number of nitrogens with zero attached hydrogens (tertiary/aromatic N) is 5. The lowest BCUT2D eigenvalue weighted by atomic mass is 10.0. The van der Waals surface area contributed by atoms with Gasteiger partial charge in [-0.2, -0.15) is 25.3 Å². The lowest BCUT2D eigenvalue weighted by Gasteiger charge is -2.33. The number of fused-ring (bicyclic) bond motifs is 1. The number of aromatic amines is 3. The fourth-order valence-electron chi connectivity index (χ4n) is 16.0. The number of benzene rings is 2. The number of amides is 15. The Labute approximate surface area is 778 Å². The third kappa shape index (κ3) is 32.7.